The Balaban J connectivity index is 1.73. The van der Waals surface area contributed by atoms with Crippen LogP contribution in [-0.4, -0.2) is 16.3 Å². The van der Waals surface area contributed by atoms with Gasteiger partial charge in [0, 0.05) is 5.56 Å². The lowest BCUT2D eigenvalue weighted by Crippen LogP contribution is -2.55. The van der Waals surface area contributed by atoms with E-state index >= 15 is 0 Å². The molecule has 174 valence electrons. The van der Waals surface area contributed by atoms with E-state index in [0.29, 0.717) is 0 Å². The molecule has 0 saturated heterocycles. The molecule has 4 nitrogen and oxygen atoms in total. The maximum absolute atomic E-state index is 10.7. The first-order chi connectivity index (χ1) is 17.3. The molecule has 0 N–H and O–H groups in total. The number of hydrazone groups is 1. The highest BCUT2D eigenvalue weighted by Crippen LogP contribution is 2.61. The summed E-state index contributed by atoms with van der Waals surface area (Å²) < 4.78 is 0. The van der Waals surface area contributed by atoms with Gasteiger partial charge in [-0.1, -0.05) is 73.5 Å². The highest BCUT2D eigenvalue weighted by atomic mass is 15.6. The van der Waals surface area contributed by atoms with Crippen LogP contribution >= 0.6 is 0 Å². The van der Waals surface area contributed by atoms with Crippen LogP contribution in [-0.2, 0) is 5.54 Å². The third-order valence-corrected chi connectivity index (χ3v) is 8.43. The smallest absolute Gasteiger partial charge is 0.240 e. The first-order valence-electron chi connectivity index (χ1n) is 13.1. The Morgan fingerprint density at radius 3 is 1.91 bits per heavy atom. The summed E-state index contributed by atoms with van der Waals surface area (Å²) in [5, 5.41) is 28.8. The Morgan fingerprint density at radius 2 is 1.23 bits per heavy atom. The van der Waals surface area contributed by atoms with Crippen molar-refractivity contribution in [2.24, 2.45) is 5.10 Å². The Bertz CT molecular complexity index is 1310. The lowest BCUT2D eigenvalue weighted by atomic mass is 9.67. The van der Waals surface area contributed by atoms with Gasteiger partial charge >= 0.3 is 0 Å². The quantitative estimate of drug-likeness (QED) is 0.459. The molecule has 35 heavy (non-hydrogen) atoms. The minimum absolute atomic E-state index is 0.645. The number of benzene rings is 2. The third kappa shape index (κ3) is 2.99. The highest BCUT2D eigenvalue weighted by molar-refractivity contribution is 6.14. The summed E-state index contributed by atoms with van der Waals surface area (Å²) in [4.78, 5) is 0. The fraction of sp³-hybridized carbons (Fsp3) is 0.387. The van der Waals surface area contributed by atoms with E-state index in [1.54, 1.807) is 0 Å². The number of nitrogens with zero attached hydrogens (tertiary/aromatic N) is 4. The zero-order valence-electron chi connectivity index (χ0n) is 20.1. The van der Waals surface area contributed by atoms with E-state index < -0.39 is 11.1 Å². The van der Waals surface area contributed by atoms with Crippen molar-refractivity contribution in [2.75, 3.05) is 0 Å². The van der Waals surface area contributed by atoms with E-state index in [1.165, 1.54) is 23.1 Å². The van der Waals surface area contributed by atoms with Gasteiger partial charge in [-0.15, -0.1) is 0 Å². The molecule has 4 heteroatoms. The summed E-state index contributed by atoms with van der Waals surface area (Å²) in [5.41, 5.74) is 6.09. The third-order valence-electron chi connectivity index (χ3n) is 8.43. The SMILES string of the molecule is N#CC1(C#N)C2=C(CCCCCC2)C2(c3ccccc3)C3=C(CCCC3)C(c3ccccc3)=NN12. The van der Waals surface area contributed by atoms with Gasteiger partial charge in [0.25, 0.3) is 5.54 Å². The van der Waals surface area contributed by atoms with E-state index in [-0.39, 0.29) is 0 Å². The lowest BCUT2D eigenvalue weighted by molar-refractivity contribution is 0.120. The number of hydrogen-bond acceptors (Lipinski definition) is 4. The number of allylic oxidation sites excluding steroid dienone is 1. The van der Waals surface area contributed by atoms with Gasteiger partial charge in [-0.05, 0) is 79.2 Å². The fourth-order valence-electron chi connectivity index (χ4n) is 6.98. The molecule has 4 aliphatic rings. The predicted octanol–water partition coefficient (Wildman–Crippen LogP) is 6.92. The molecule has 2 aliphatic heterocycles. The van der Waals surface area contributed by atoms with Crippen LogP contribution in [0.4, 0.5) is 0 Å². The monoisotopic (exact) mass is 458 g/mol. The van der Waals surface area contributed by atoms with Crippen LogP contribution in [0.1, 0.15) is 75.3 Å². The van der Waals surface area contributed by atoms with Gasteiger partial charge in [-0.25, -0.2) is 5.01 Å². The van der Waals surface area contributed by atoms with Crippen LogP contribution in [0.5, 0.6) is 0 Å². The standard InChI is InChI=1S/C31H30N4/c32-21-30(22-33)27-19-9-1-2-10-20-28(27)31(24-15-7-4-8-16-24)26-18-12-11-17-25(26)29(34-35(30)31)23-13-5-3-6-14-23/h3-8,13-16H,1-2,9-12,17-20H2. The first-order valence-corrected chi connectivity index (χ1v) is 13.1. The molecule has 0 amide bonds. The van der Waals surface area contributed by atoms with Crippen LogP contribution in [0.25, 0.3) is 0 Å². The second-order valence-electron chi connectivity index (χ2n) is 10.2. The van der Waals surface area contributed by atoms with Crippen molar-refractivity contribution < 1.29 is 0 Å². The highest BCUT2D eigenvalue weighted by Gasteiger charge is 2.64. The van der Waals surface area contributed by atoms with Gasteiger partial charge in [0.05, 0.1) is 5.71 Å². The second kappa shape index (κ2) is 8.54. The molecule has 2 aromatic rings. The zero-order chi connectivity index (χ0) is 23.9. The van der Waals surface area contributed by atoms with E-state index in [9.17, 15) is 10.5 Å². The van der Waals surface area contributed by atoms with Crippen molar-refractivity contribution in [1.82, 2.24) is 5.01 Å². The zero-order valence-corrected chi connectivity index (χ0v) is 20.1. The average Bonchev–Trinajstić information content (AvgIpc) is 3.14. The van der Waals surface area contributed by atoms with E-state index in [2.05, 4.69) is 48.5 Å². The maximum Gasteiger partial charge on any atom is 0.252 e. The molecular formula is C31H30N4. The van der Waals surface area contributed by atoms with Crippen molar-refractivity contribution in [3.8, 4) is 12.1 Å². The molecule has 2 heterocycles. The van der Waals surface area contributed by atoms with Crippen LogP contribution in [0.2, 0.25) is 0 Å². The molecule has 0 spiro atoms. The van der Waals surface area contributed by atoms with Crippen molar-refractivity contribution in [1.29, 1.82) is 10.5 Å². The number of hydrogen-bond donors (Lipinski definition) is 0. The molecule has 2 aromatic carbocycles. The van der Waals surface area contributed by atoms with Gasteiger partial charge in [-0.3, -0.25) is 0 Å². The molecule has 1 atom stereocenters. The lowest BCUT2D eigenvalue weighted by Gasteiger charge is -2.49. The normalized spacial score (nSPS) is 25.3. The van der Waals surface area contributed by atoms with Crippen molar-refractivity contribution in [2.45, 2.75) is 75.3 Å². The number of fused-ring (bicyclic) bond motifs is 3. The van der Waals surface area contributed by atoms with Crippen LogP contribution in [0.15, 0.2) is 88.1 Å². The van der Waals surface area contributed by atoms with E-state index in [1.807, 2.05) is 29.3 Å². The minimum atomic E-state index is -1.39. The van der Waals surface area contributed by atoms with Gasteiger partial charge in [0.2, 0.25) is 0 Å². The summed E-state index contributed by atoms with van der Waals surface area (Å²) in [7, 11) is 0. The Hall–Kier alpha value is -3.63. The summed E-state index contributed by atoms with van der Waals surface area (Å²) >= 11 is 0. The van der Waals surface area contributed by atoms with Crippen molar-refractivity contribution in [3.05, 3.63) is 94.1 Å². The molecular weight excluding hydrogens is 428 g/mol. The molecule has 0 saturated carbocycles. The number of nitriles is 2. The molecule has 0 radical (unpaired) electrons. The summed E-state index contributed by atoms with van der Waals surface area (Å²) in [6.45, 7) is 0. The Morgan fingerprint density at radius 1 is 0.657 bits per heavy atom. The predicted molar refractivity (Wildman–Crippen MR) is 137 cm³/mol. The van der Waals surface area contributed by atoms with Gasteiger partial charge < -0.3 is 0 Å². The van der Waals surface area contributed by atoms with Crippen LogP contribution < -0.4 is 0 Å². The molecule has 1 unspecified atom stereocenters. The molecule has 6 rings (SSSR count). The first kappa shape index (κ1) is 21.9. The minimum Gasteiger partial charge on any atom is -0.240 e. The molecule has 0 fully saturated rings. The Labute approximate surface area is 207 Å². The van der Waals surface area contributed by atoms with Crippen LogP contribution in [0.3, 0.4) is 0 Å². The molecule has 2 aliphatic carbocycles. The average molecular weight is 459 g/mol. The largest absolute Gasteiger partial charge is 0.252 e. The Kier molecular flexibility index (Phi) is 5.34. The van der Waals surface area contributed by atoms with Crippen molar-refractivity contribution >= 4 is 5.71 Å². The van der Waals surface area contributed by atoms with Crippen molar-refractivity contribution in [3.63, 3.8) is 0 Å². The topological polar surface area (TPSA) is 63.2 Å². The number of rotatable bonds is 2. The summed E-state index contributed by atoms with van der Waals surface area (Å²) in [6.07, 6.45) is 10.4. The van der Waals surface area contributed by atoms with Gasteiger partial charge in [-0.2, -0.15) is 15.6 Å². The molecule has 0 bridgehead atoms. The van der Waals surface area contributed by atoms with E-state index in [0.717, 1.165) is 80.2 Å². The maximum atomic E-state index is 10.7. The van der Waals surface area contributed by atoms with Gasteiger partial charge in [0.1, 0.15) is 17.7 Å². The van der Waals surface area contributed by atoms with Crippen LogP contribution in [0, 0.1) is 22.7 Å². The summed E-state index contributed by atoms with van der Waals surface area (Å²) in [5.74, 6) is 0. The second-order valence-corrected chi connectivity index (χ2v) is 10.2. The molecule has 0 aromatic heterocycles. The van der Waals surface area contributed by atoms with E-state index in [4.69, 9.17) is 5.10 Å². The summed E-state index contributed by atoms with van der Waals surface area (Å²) in [6, 6.07) is 25.9. The van der Waals surface area contributed by atoms with Gasteiger partial charge in [0.15, 0.2) is 0 Å². The fourth-order valence-corrected chi connectivity index (χ4v) is 6.98.